The SMILES string of the molecule is COc1cc(CNCc2c(F)cc(C#N)cc2F)ccn1. The van der Waals surface area contributed by atoms with Gasteiger partial charge in [-0.25, -0.2) is 13.8 Å². The molecule has 0 aliphatic carbocycles. The Morgan fingerprint density at radius 1 is 1.24 bits per heavy atom. The highest BCUT2D eigenvalue weighted by atomic mass is 19.1. The molecule has 0 aliphatic heterocycles. The summed E-state index contributed by atoms with van der Waals surface area (Å²) in [4.78, 5) is 3.97. The molecule has 0 bridgehead atoms. The molecule has 1 heterocycles. The molecule has 0 spiro atoms. The zero-order chi connectivity index (χ0) is 15.2. The molecule has 0 fully saturated rings. The largest absolute Gasteiger partial charge is 0.481 e. The predicted octanol–water partition coefficient (Wildman–Crippen LogP) is 2.53. The van der Waals surface area contributed by atoms with Gasteiger partial charge in [-0.05, 0) is 23.8 Å². The summed E-state index contributed by atoms with van der Waals surface area (Å²) in [7, 11) is 1.51. The molecular weight excluding hydrogens is 276 g/mol. The molecule has 0 atom stereocenters. The van der Waals surface area contributed by atoms with Gasteiger partial charge < -0.3 is 10.1 Å². The Morgan fingerprint density at radius 3 is 2.57 bits per heavy atom. The van der Waals surface area contributed by atoms with Crippen molar-refractivity contribution in [3.63, 3.8) is 0 Å². The highest BCUT2D eigenvalue weighted by molar-refractivity contribution is 5.34. The van der Waals surface area contributed by atoms with Crippen LogP contribution in [0.25, 0.3) is 0 Å². The lowest BCUT2D eigenvalue weighted by atomic mass is 10.1. The van der Waals surface area contributed by atoms with Gasteiger partial charge in [-0.15, -0.1) is 0 Å². The van der Waals surface area contributed by atoms with E-state index in [0.717, 1.165) is 17.7 Å². The molecule has 0 saturated heterocycles. The maximum Gasteiger partial charge on any atom is 0.213 e. The van der Waals surface area contributed by atoms with Crippen LogP contribution in [0.3, 0.4) is 0 Å². The lowest BCUT2D eigenvalue weighted by molar-refractivity contribution is 0.397. The molecule has 1 aromatic carbocycles. The molecular formula is C15H13F2N3O. The molecule has 21 heavy (non-hydrogen) atoms. The minimum Gasteiger partial charge on any atom is -0.481 e. The number of rotatable bonds is 5. The van der Waals surface area contributed by atoms with Gasteiger partial charge in [-0.1, -0.05) is 0 Å². The van der Waals surface area contributed by atoms with Gasteiger partial charge in [0.25, 0.3) is 0 Å². The van der Waals surface area contributed by atoms with Gasteiger partial charge in [0.15, 0.2) is 0 Å². The van der Waals surface area contributed by atoms with Crippen molar-refractivity contribution >= 4 is 0 Å². The second-order valence-corrected chi connectivity index (χ2v) is 4.34. The zero-order valence-electron chi connectivity index (χ0n) is 11.4. The summed E-state index contributed by atoms with van der Waals surface area (Å²) in [5.41, 5.74) is 0.763. The Kier molecular flexibility index (Phi) is 4.80. The molecule has 0 amide bonds. The van der Waals surface area contributed by atoms with E-state index in [1.807, 2.05) is 0 Å². The van der Waals surface area contributed by atoms with Crippen LogP contribution in [0, 0.1) is 23.0 Å². The zero-order valence-corrected chi connectivity index (χ0v) is 11.4. The summed E-state index contributed by atoms with van der Waals surface area (Å²) in [5.74, 6) is -0.984. The van der Waals surface area contributed by atoms with Crippen molar-refractivity contribution in [3.8, 4) is 11.9 Å². The third-order valence-electron chi connectivity index (χ3n) is 2.91. The number of aromatic nitrogens is 1. The van der Waals surface area contributed by atoms with Crippen molar-refractivity contribution in [2.75, 3.05) is 7.11 Å². The third-order valence-corrected chi connectivity index (χ3v) is 2.91. The first-order valence-corrected chi connectivity index (χ1v) is 6.21. The summed E-state index contributed by atoms with van der Waals surface area (Å²) in [5, 5.41) is 11.6. The van der Waals surface area contributed by atoms with Crippen molar-refractivity contribution < 1.29 is 13.5 Å². The first-order chi connectivity index (χ1) is 10.1. The van der Waals surface area contributed by atoms with E-state index < -0.39 is 11.6 Å². The third kappa shape index (κ3) is 3.74. The van der Waals surface area contributed by atoms with E-state index in [2.05, 4.69) is 10.3 Å². The first-order valence-electron chi connectivity index (χ1n) is 6.21. The minimum absolute atomic E-state index is 0.0218. The van der Waals surface area contributed by atoms with Crippen LogP contribution >= 0.6 is 0 Å². The van der Waals surface area contributed by atoms with Gasteiger partial charge in [0.05, 0.1) is 18.7 Å². The average Bonchev–Trinajstić information content (AvgIpc) is 2.50. The number of methoxy groups -OCH3 is 1. The Bertz CT molecular complexity index is 660. The number of nitriles is 1. The summed E-state index contributed by atoms with van der Waals surface area (Å²) < 4.78 is 32.4. The van der Waals surface area contributed by atoms with Crippen LogP contribution in [0.15, 0.2) is 30.5 Å². The van der Waals surface area contributed by atoms with Crippen LogP contribution in [0.5, 0.6) is 5.88 Å². The maximum absolute atomic E-state index is 13.7. The van der Waals surface area contributed by atoms with Crippen molar-refractivity contribution in [3.05, 3.63) is 58.8 Å². The number of hydrogen-bond acceptors (Lipinski definition) is 4. The smallest absolute Gasteiger partial charge is 0.213 e. The summed E-state index contributed by atoms with van der Waals surface area (Å²) in [6.07, 6.45) is 1.60. The molecule has 0 aliphatic rings. The van der Waals surface area contributed by atoms with Crippen LogP contribution in [-0.4, -0.2) is 12.1 Å². The molecule has 108 valence electrons. The fraction of sp³-hybridized carbons (Fsp3) is 0.200. The van der Waals surface area contributed by atoms with E-state index in [9.17, 15) is 8.78 Å². The Hall–Kier alpha value is -2.52. The molecule has 2 aromatic rings. The number of pyridine rings is 1. The number of nitrogens with zero attached hydrogens (tertiary/aromatic N) is 2. The van der Waals surface area contributed by atoms with Gasteiger partial charge in [0.1, 0.15) is 11.6 Å². The van der Waals surface area contributed by atoms with Gasteiger partial charge in [-0.3, -0.25) is 0 Å². The quantitative estimate of drug-likeness (QED) is 0.919. The molecule has 2 rings (SSSR count). The number of halogens is 2. The molecule has 0 unspecified atom stereocenters. The van der Waals surface area contributed by atoms with Crippen molar-refractivity contribution in [1.29, 1.82) is 5.26 Å². The maximum atomic E-state index is 13.7. The number of hydrogen-bond donors (Lipinski definition) is 1. The average molecular weight is 289 g/mol. The molecule has 6 heteroatoms. The number of nitrogens with one attached hydrogen (secondary N) is 1. The molecule has 0 radical (unpaired) electrons. The summed E-state index contributed by atoms with van der Waals surface area (Å²) in [6.45, 7) is 0.436. The van der Waals surface area contributed by atoms with E-state index in [4.69, 9.17) is 10.00 Å². The topological polar surface area (TPSA) is 57.9 Å². The Balaban J connectivity index is 2.02. The van der Waals surface area contributed by atoms with E-state index >= 15 is 0 Å². The van der Waals surface area contributed by atoms with Crippen LogP contribution in [0.2, 0.25) is 0 Å². The van der Waals surface area contributed by atoms with Gasteiger partial charge in [-0.2, -0.15) is 5.26 Å². The highest BCUT2D eigenvalue weighted by Crippen LogP contribution is 2.15. The van der Waals surface area contributed by atoms with Crippen molar-refractivity contribution in [2.24, 2.45) is 0 Å². The van der Waals surface area contributed by atoms with Crippen molar-refractivity contribution in [1.82, 2.24) is 10.3 Å². The van der Waals surface area contributed by atoms with Gasteiger partial charge >= 0.3 is 0 Å². The molecule has 1 N–H and O–H groups in total. The van der Waals surface area contributed by atoms with Gasteiger partial charge in [0.2, 0.25) is 5.88 Å². The summed E-state index contributed by atoms with van der Waals surface area (Å²) in [6, 6.07) is 7.27. The van der Waals surface area contributed by atoms with E-state index in [1.165, 1.54) is 7.11 Å². The van der Waals surface area contributed by atoms with Crippen LogP contribution in [0.4, 0.5) is 8.78 Å². The first kappa shape index (κ1) is 14.9. The van der Waals surface area contributed by atoms with Crippen LogP contribution in [0.1, 0.15) is 16.7 Å². The van der Waals surface area contributed by atoms with Crippen molar-refractivity contribution in [2.45, 2.75) is 13.1 Å². The number of ether oxygens (including phenoxy) is 1. The molecule has 0 saturated carbocycles. The Labute approximate surface area is 121 Å². The lowest BCUT2D eigenvalue weighted by Gasteiger charge is -2.08. The molecule has 4 nitrogen and oxygen atoms in total. The van der Waals surface area contributed by atoms with Gasteiger partial charge in [0, 0.05) is 30.9 Å². The second-order valence-electron chi connectivity index (χ2n) is 4.34. The molecule has 1 aromatic heterocycles. The second kappa shape index (κ2) is 6.77. The predicted molar refractivity (Wildman–Crippen MR) is 72.4 cm³/mol. The standard InChI is InChI=1S/C15H13F2N3O/c1-21-15-6-10(2-3-20-15)8-19-9-12-13(16)4-11(7-18)5-14(12)17/h2-6,19H,8-9H2,1H3. The lowest BCUT2D eigenvalue weighted by Crippen LogP contribution is -2.15. The van der Waals surface area contributed by atoms with E-state index in [0.29, 0.717) is 12.4 Å². The van der Waals surface area contributed by atoms with Crippen LogP contribution < -0.4 is 10.1 Å². The fourth-order valence-electron chi connectivity index (χ4n) is 1.84. The van der Waals surface area contributed by atoms with E-state index in [-0.39, 0.29) is 17.7 Å². The highest BCUT2D eigenvalue weighted by Gasteiger charge is 2.10. The monoisotopic (exact) mass is 289 g/mol. The Morgan fingerprint density at radius 2 is 1.95 bits per heavy atom. The van der Waals surface area contributed by atoms with E-state index in [1.54, 1.807) is 24.4 Å². The normalized spacial score (nSPS) is 10.2. The minimum atomic E-state index is -0.730. The van der Waals surface area contributed by atoms with Crippen LogP contribution in [-0.2, 0) is 13.1 Å². The summed E-state index contributed by atoms with van der Waals surface area (Å²) >= 11 is 0. The number of benzene rings is 1. The fourth-order valence-corrected chi connectivity index (χ4v) is 1.84.